The zero-order valence-corrected chi connectivity index (χ0v) is 11.6. The lowest BCUT2D eigenvalue weighted by Gasteiger charge is -2.31. The highest BCUT2D eigenvalue weighted by Gasteiger charge is 2.26. The Labute approximate surface area is 117 Å². The van der Waals surface area contributed by atoms with Crippen molar-refractivity contribution in [1.82, 2.24) is 4.90 Å². The van der Waals surface area contributed by atoms with E-state index >= 15 is 0 Å². The number of nitrogens with zero attached hydrogens (tertiary/aromatic N) is 1. The Morgan fingerprint density at radius 2 is 2.37 bits per heavy atom. The summed E-state index contributed by atoms with van der Waals surface area (Å²) in [5, 5.41) is 0.415. The number of morpholine rings is 1. The van der Waals surface area contributed by atoms with Crippen LogP contribution in [0.3, 0.4) is 0 Å². The zero-order chi connectivity index (χ0) is 13.8. The first-order valence-corrected chi connectivity index (χ1v) is 6.78. The SMILES string of the molecule is CCN1CCOC(C(=O)Cc2cc(F)ccc2Cl)C1. The molecule has 0 aromatic heterocycles. The lowest BCUT2D eigenvalue weighted by atomic mass is 10.0. The maximum atomic E-state index is 13.1. The van der Waals surface area contributed by atoms with Crippen molar-refractivity contribution < 1.29 is 13.9 Å². The van der Waals surface area contributed by atoms with E-state index < -0.39 is 6.10 Å². The third-order valence-corrected chi connectivity index (χ3v) is 3.70. The van der Waals surface area contributed by atoms with E-state index in [1.165, 1.54) is 18.2 Å². The van der Waals surface area contributed by atoms with Gasteiger partial charge in [0.2, 0.25) is 0 Å². The summed E-state index contributed by atoms with van der Waals surface area (Å²) in [7, 11) is 0. The first-order chi connectivity index (χ1) is 9.10. The highest BCUT2D eigenvalue weighted by atomic mass is 35.5. The van der Waals surface area contributed by atoms with E-state index in [4.69, 9.17) is 16.3 Å². The number of rotatable bonds is 4. The fraction of sp³-hybridized carbons (Fsp3) is 0.500. The highest BCUT2D eigenvalue weighted by molar-refractivity contribution is 6.31. The molecule has 1 aromatic carbocycles. The lowest BCUT2D eigenvalue weighted by molar-refractivity contribution is -0.135. The first kappa shape index (κ1) is 14.4. The largest absolute Gasteiger partial charge is 0.368 e. The molecule has 1 unspecified atom stereocenters. The van der Waals surface area contributed by atoms with Crippen LogP contribution in [0.25, 0.3) is 0 Å². The molecule has 0 aliphatic carbocycles. The van der Waals surface area contributed by atoms with Crippen molar-refractivity contribution in [2.45, 2.75) is 19.4 Å². The maximum absolute atomic E-state index is 13.1. The van der Waals surface area contributed by atoms with Gasteiger partial charge in [-0.1, -0.05) is 18.5 Å². The number of hydrogen-bond acceptors (Lipinski definition) is 3. The molecule has 19 heavy (non-hydrogen) atoms. The van der Waals surface area contributed by atoms with Crippen LogP contribution < -0.4 is 0 Å². The van der Waals surface area contributed by atoms with Gasteiger partial charge < -0.3 is 4.74 Å². The van der Waals surface area contributed by atoms with Gasteiger partial charge in [-0.25, -0.2) is 4.39 Å². The van der Waals surface area contributed by atoms with Crippen molar-refractivity contribution in [1.29, 1.82) is 0 Å². The van der Waals surface area contributed by atoms with Gasteiger partial charge in [0.25, 0.3) is 0 Å². The van der Waals surface area contributed by atoms with Crippen molar-refractivity contribution in [2.24, 2.45) is 0 Å². The van der Waals surface area contributed by atoms with Gasteiger partial charge >= 0.3 is 0 Å². The molecule has 3 nitrogen and oxygen atoms in total. The Morgan fingerprint density at radius 3 is 3.11 bits per heavy atom. The second-order valence-corrected chi connectivity index (χ2v) is 5.04. The molecule has 1 aliphatic rings. The third kappa shape index (κ3) is 3.75. The summed E-state index contributed by atoms with van der Waals surface area (Å²) < 4.78 is 18.6. The molecule has 0 radical (unpaired) electrons. The maximum Gasteiger partial charge on any atom is 0.167 e. The van der Waals surface area contributed by atoms with Gasteiger partial charge in [-0.15, -0.1) is 0 Å². The van der Waals surface area contributed by atoms with E-state index in [-0.39, 0.29) is 18.0 Å². The smallest absolute Gasteiger partial charge is 0.167 e. The summed E-state index contributed by atoms with van der Waals surface area (Å²) in [6, 6.07) is 4.06. The molecule has 1 saturated heterocycles. The van der Waals surface area contributed by atoms with Crippen molar-refractivity contribution in [3.8, 4) is 0 Å². The Hall–Kier alpha value is -0.970. The summed E-state index contributed by atoms with van der Waals surface area (Å²) in [4.78, 5) is 14.3. The molecule has 0 spiro atoms. The normalized spacial score (nSPS) is 20.5. The number of ether oxygens (including phenoxy) is 1. The number of likely N-dealkylation sites (N-methyl/N-ethyl adjacent to an activating group) is 1. The molecule has 1 aromatic rings. The summed E-state index contributed by atoms with van der Waals surface area (Å²) in [5.41, 5.74) is 0.517. The molecule has 0 saturated carbocycles. The van der Waals surface area contributed by atoms with E-state index in [0.717, 1.165) is 13.1 Å². The van der Waals surface area contributed by atoms with Gasteiger partial charge in [-0.3, -0.25) is 9.69 Å². The third-order valence-electron chi connectivity index (χ3n) is 3.33. The molecule has 5 heteroatoms. The number of carbonyl (C=O) groups is 1. The molecule has 2 rings (SSSR count). The van der Waals surface area contributed by atoms with Crippen molar-refractivity contribution in [3.05, 3.63) is 34.6 Å². The molecule has 1 fully saturated rings. The predicted molar refractivity (Wildman–Crippen MR) is 72.0 cm³/mol. The highest BCUT2D eigenvalue weighted by Crippen LogP contribution is 2.19. The molecule has 1 atom stereocenters. The first-order valence-electron chi connectivity index (χ1n) is 6.40. The van der Waals surface area contributed by atoms with Crippen LogP contribution in [0, 0.1) is 5.82 Å². The van der Waals surface area contributed by atoms with Crippen LogP contribution in [-0.4, -0.2) is 43.0 Å². The number of Topliss-reactive ketones (excluding diaryl/α,β-unsaturated/α-hetero) is 1. The minimum Gasteiger partial charge on any atom is -0.368 e. The minimum absolute atomic E-state index is 0.0503. The topological polar surface area (TPSA) is 29.5 Å². The molecule has 1 heterocycles. The molecule has 104 valence electrons. The Bertz CT molecular complexity index is 467. The zero-order valence-electron chi connectivity index (χ0n) is 10.9. The van der Waals surface area contributed by atoms with Gasteiger partial charge in [0.15, 0.2) is 5.78 Å². The van der Waals surface area contributed by atoms with Crippen molar-refractivity contribution >= 4 is 17.4 Å². The number of hydrogen-bond donors (Lipinski definition) is 0. The van der Waals surface area contributed by atoms with E-state index in [9.17, 15) is 9.18 Å². The van der Waals surface area contributed by atoms with Crippen molar-refractivity contribution in [2.75, 3.05) is 26.2 Å². The fourth-order valence-electron chi connectivity index (χ4n) is 2.16. The van der Waals surface area contributed by atoms with Crippen LogP contribution in [-0.2, 0) is 16.0 Å². The summed E-state index contributed by atoms with van der Waals surface area (Å²) >= 11 is 5.97. The number of carbonyl (C=O) groups excluding carboxylic acids is 1. The average Bonchev–Trinajstić information content (AvgIpc) is 2.43. The number of halogens is 2. The van der Waals surface area contributed by atoms with E-state index in [2.05, 4.69) is 11.8 Å². The molecular formula is C14H17ClFNO2. The average molecular weight is 286 g/mol. The predicted octanol–water partition coefficient (Wildman–Crippen LogP) is 2.31. The van der Waals surface area contributed by atoms with Gasteiger partial charge in [0, 0.05) is 24.5 Å². The van der Waals surface area contributed by atoms with Gasteiger partial charge in [0.05, 0.1) is 6.61 Å². The van der Waals surface area contributed by atoms with Crippen LogP contribution in [0.4, 0.5) is 4.39 Å². The van der Waals surface area contributed by atoms with E-state index in [1.54, 1.807) is 0 Å². The monoisotopic (exact) mass is 285 g/mol. The number of ketones is 1. The Balaban J connectivity index is 2.02. The molecule has 0 amide bonds. The van der Waals surface area contributed by atoms with Crippen LogP contribution in [0.5, 0.6) is 0 Å². The van der Waals surface area contributed by atoms with Crippen molar-refractivity contribution in [3.63, 3.8) is 0 Å². The van der Waals surface area contributed by atoms with Crippen LogP contribution in [0.1, 0.15) is 12.5 Å². The lowest BCUT2D eigenvalue weighted by Crippen LogP contribution is -2.46. The molecule has 0 N–H and O–H groups in total. The van der Waals surface area contributed by atoms with Crippen LogP contribution in [0.2, 0.25) is 5.02 Å². The summed E-state index contributed by atoms with van der Waals surface area (Å²) in [6.45, 7) is 4.95. The van der Waals surface area contributed by atoms with Gasteiger partial charge in [-0.05, 0) is 30.3 Å². The minimum atomic E-state index is -0.437. The second-order valence-electron chi connectivity index (χ2n) is 4.63. The van der Waals surface area contributed by atoms with Crippen LogP contribution in [0.15, 0.2) is 18.2 Å². The van der Waals surface area contributed by atoms with E-state index in [1.807, 2.05) is 0 Å². The Morgan fingerprint density at radius 1 is 1.58 bits per heavy atom. The number of benzene rings is 1. The summed E-state index contributed by atoms with van der Waals surface area (Å²) in [5.74, 6) is -0.433. The standard InChI is InChI=1S/C14H17ClFNO2/c1-2-17-5-6-19-14(9-17)13(18)8-10-7-11(16)3-4-12(10)15/h3-4,7,14H,2,5-6,8-9H2,1H3. The van der Waals surface area contributed by atoms with Gasteiger partial charge in [0.1, 0.15) is 11.9 Å². The fourth-order valence-corrected chi connectivity index (χ4v) is 2.35. The molecular weight excluding hydrogens is 269 g/mol. The van der Waals surface area contributed by atoms with Gasteiger partial charge in [-0.2, -0.15) is 0 Å². The quantitative estimate of drug-likeness (QED) is 0.850. The van der Waals surface area contributed by atoms with E-state index in [0.29, 0.717) is 23.7 Å². The molecule has 0 bridgehead atoms. The Kier molecular flexibility index (Phi) is 4.91. The van der Waals surface area contributed by atoms with Crippen LogP contribution >= 0.6 is 11.6 Å². The summed E-state index contributed by atoms with van der Waals surface area (Å²) in [6.07, 6.45) is -0.327. The second kappa shape index (κ2) is 6.46. The molecule has 1 aliphatic heterocycles.